The normalized spacial score (nSPS) is 16.1. The van der Waals surface area contributed by atoms with Crippen LogP contribution in [0, 0.1) is 6.92 Å². The SMILES string of the molecule is Cc1nc2ccccc2n(CCC(=O)NCCN2CCN(C)CC2)c1=O. The topological polar surface area (TPSA) is 70.5 Å². The van der Waals surface area contributed by atoms with Crippen molar-refractivity contribution in [1.82, 2.24) is 24.7 Å². The summed E-state index contributed by atoms with van der Waals surface area (Å²) in [4.78, 5) is 33.6. The first kappa shape index (κ1) is 18.5. The van der Waals surface area contributed by atoms with E-state index in [9.17, 15) is 9.59 Å². The molecule has 0 bridgehead atoms. The third kappa shape index (κ3) is 4.47. The Morgan fingerprint density at radius 2 is 1.88 bits per heavy atom. The Morgan fingerprint density at radius 1 is 1.15 bits per heavy atom. The minimum absolute atomic E-state index is 0.0235. The molecule has 0 saturated carbocycles. The Morgan fingerprint density at radius 3 is 2.65 bits per heavy atom. The summed E-state index contributed by atoms with van der Waals surface area (Å²) < 4.78 is 1.65. The summed E-state index contributed by atoms with van der Waals surface area (Å²) in [7, 11) is 2.13. The van der Waals surface area contributed by atoms with E-state index in [0.29, 0.717) is 18.8 Å². The third-order valence-electron chi connectivity index (χ3n) is 4.92. The molecule has 1 aliphatic rings. The van der Waals surface area contributed by atoms with Crippen LogP contribution in [0.5, 0.6) is 0 Å². The molecule has 1 N–H and O–H groups in total. The molecule has 7 nitrogen and oxygen atoms in total. The molecule has 1 amide bonds. The number of hydrogen-bond donors (Lipinski definition) is 1. The summed E-state index contributed by atoms with van der Waals surface area (Å²) >= 11 is 0. The highest BCUT2D eigenvalue weighted by molar-refractivity contribution is 5.77. The van der Waals surface area contributed by atoms with E-state index in [1.54, 1.807) is 11.5 Å². The molecule has 1 saturated heterocycles. The van der Waals surface area contributed by atoms with Crippen LogP contribution in [0.4, 0.5) is 0 Å². The molecule has 3 rings (SSSR count). The highest BCUT2D eigenvalue weighted by atomic mass is 16.2. The second-order valence-corrected chi connectivity index (χ2v) is 6.89. The zero-order chi connectivity index (χ0) is 18.5. The molecule has 0 spiro atoms. The Balaban J connectivity index is 1.53. The van der Waals surface area contributed by atoms with Crippen LogP contribution in [0.15, 0.2) is 29.1 Å². The number of carbonyl (C=O) groups excluding carboxylic acids is 1. The fraction of sp³-hybridized carbons (Fsp3) is 0.526. The van der Waals surface area contributed by atoms with Crippen LogP contribution < -0.4 is 10.9 Å². The van der Waals surface area contributed by atoms with Gasteiger partial charge in [0.15, 0.2) is 0 Å². The molecule has 0 radical (unpaired) electrons. The second kappa shape index (κ2) is 8.42. The van der Waals surface area contributed by atoms with Crippen molar-refractivity contribution in [3.63, 3.8) is 0 Å². The molecule has 2 aromatic rings. The molecule has 140 valence electrons. The van der Waals surface area contributed by atoms with Crippen molar-refractivity contribution in [3.05, 3.63) is 40.3 Å². The minimum atomic E-state index is -0.131. The Labute approximate surface area is 153 Å². The highest BCUT2D eigenvalue weighted by Gasteiger charge is 2.14. The fourth-order valence-corrected chi connectivity index (χ4v) is 3.27. The van der Waals surface area contributed by atoms with Crippen molar-refractivity contribution in [3.8, 4) is 0 Å². The Hall–Kier alpha value is -2.25. The summed E-state index contributed by atoms with van der Waals surface area (Å²) in [5.41, 5.74) is 1.88. The number of rotatable bonds is 6. The first-order valence-electron chi connectivity index (χ1n) is 9.18. The number of likely N-dealkylation sites (N-methyl/N-ethyl adjacent to an activating group) is 1. The molecule has 1 aromatic carbocycles. The minimum Gasteiger partial charge on any atom is -0.355 e. The lowest BCUT2D eigenvalue weighted by atomic mass is 10.2. The average Bonchev–Trinajstić information content (AvgIpc) is 2.64. The van der Waals surface area contributed by atoms with Gasteiger partial charge in [0, 0.05) is 52.2 Å². The van der Waals surface area contributed by atoms with Gasteiger partial charge in [-0.1, -0.05) is 12.1 Å². The van der Waals surface area contributed by atoms with E-state index in [1.807, 2.05) is 24.3 Å². The average molecular weight is 357 g/mol. The monoisotopic (exact) mass is 357 g/mol. The summed E-state index contributed by atoms with van der Waals surface area (Å²) in [6, 6.07) is 7.53. The van der Waals surface area contributed by atoms with E-state index in [1.165, 1.54) is 0 Å². The smallest absolute Gasteiger partial charge is 0.272 e. The van der Waals surface area contributed by atoms with Gasteiger partial charge in [0.25, 0.3) is 5.56 Å². The van der Waals surface area contributed by atoms with Crippen LogP contribution in [-0.2, 0) is 11.3 Å². The van der Waals surface area contributed by atoms with E-state index >= 15 is 0 Å². The number of nitrogens with zero attached hydrogens (tertiary/aromatic N) is 4. The Bertz CT molecular complexity index is 824. The molecule has 0 unspecified atom stereocenters. The molecule has 1 aromatic heterocycles. The maximum Gasteiger partial charge on any atom is 0.272 e. The van der Waals surface area contributed by atoms with Crippen molar-refractivity contribution in [1.29, 1.82) is 0 Å². The van der Waals surface area contributed by atoms with Gasteiger partial charge in [-0.2, -0.15) is 0 Å². The number of aromatic nitrogens is 2. The number of benzene rings is 1. The molecule has 0 aliphatic carbocycles. The summed E-state index contributed by atoms with van der Waals surface area (Å²) in [6.07, 6.45) is 0.288. The van der Waals surface area contributed by atoms with Crippen molar-refractivity contribution in [2.45, 2.75) is 19.9 Å². The van der Waals surface area contributed by atoms with E-state index < -0.39 is 0 Å². The Kier molecular flexibility index (Phi) is 6.00. The fourth-order valence-electron chi connectivity index (χ4n) is 3.27. The van der Waals surface area contributed by atoms with E-state index in [0.717, 1.165) is 43.8 Å². The van der Waals surface area contributed by atoms with E-state index in [4.69, 9.17) is 0 Å². The van der Waals surface area contributed by atoms with Crippen LogP contribution >= 0.6 is 0 Å². The van der Waals surface area contributed by atoms with Gasteiger partial charge in [-0.3, -0.25) is 14.5 Å². The zero-order valence-corrected chi connectivity index (χ0v) is 15.6. The molecule has 2 heterocycles. The van der Waals surface area contributed by atoms with Crippen molar-refractivity contribution in [2.24, 2.45) is 0 Å². The summed E-state index contributed by atoms with van der Waals surface area (Å²) in [5.74, 6) is -0.0235. The summed E-state index contributed by atoms with van der Waals surface area (Å²) in [6.45, 7) is 7.83. The van der Waals surface area contributed by atoms with Gasteiger partial charge in [0.2, 0.25) is 5.91 Å². The number of nitrogens with one attached hydrogen (secondary N) is 1. The number of carbonyl (C=O) groups is 1. The van der Waals surface area contributed by atoms with Crippen molar-refractivity contribution >= 4 is 16.9 Å². The molecule has 1 fully saturated rings. The molecular formula is C19H27N5O2. The number of amides is 1. The highest BCUT2D eigenvalue weighted by Crippen LogP contribution is 2.10. The molecule has 1 aliphatic heterocycles. The third-order valence-corrected chi connectivity index (χ3v) is 4.92. The summed E-state index contributed by atoms with van der Waals surface area (Å²) in [5, 5.41) is 2.97. The van der Waals surface area contributed by atoms with Crippen molar-refractivity contribution in [2.75, 3.05) is 46.3 Å². The number of fused-ring (bicyclic) bond motifs is 1. The standard InChI is InChI=1S/C19H27N5O2/c1-15-19(26)24(17-6-4-3-5-16(17)21-15)9-7-18(25)20-8-10-23-13-11-22(2)12-14-23/h3-6H,7-14H2,1-2H3,(H,20,25). The van der Waals surface area contributed by atoms with Gasteiger partial charge in [0.05, 0.1) is 11.0 Å². The van der Waals surface area contributed by atoms with Crippen LogP contribution in [0.3, 0.4) is 0 Å². The zero-order valence-electron chi connectivity index (χ0n) is 15.6. The second-order valence-electron chi connectivity index (χ2n) is 6.89. The van der Waals surface area contributed by atoms with Gasteiger partial charge < -0.3 is 14.8 Å². The predicted molar refractivity (Wildman–Crippen MR) is 102 cm³/mol. The van der Waals surface area contributed by atoms with Gasteiger partial charge in [-0.15, -0.1) is 0 Å². The molecule has 0 atom stereocenters. The van der Waals surface area contributed by atoms with Gasteiger partial charge in [0.1, 0.15) is 5.69 Å². The predicted octanol–water partition coefficient (Wildman–Crippen LogP) is 0.459. The first-order valence-corrected chi connectivity index (χ1v) is 9.18. The maximum absolute atomic E-state index is 12.4. The lowest BCUT2D eigenvalue weighted by molar-refractivity contribution is -0.121. The quantitative estimate of drug-likeness (QED) is 0.813. The van der Waals surface area contributed by atoms with Crippen LogP contribution in [0.2, 0.25) is 0 Å². The number of para-hydroxylation sites is 2. The molecular weight excluding hydrogens is 330 g/mol. The van der Waals surface area contributed by atoms with Gasteiger partial charge in [-0.05, 0) is 26.1 Å². The molecule has 26 heavy (non-hydrogen) atoms. The van der Waals surface area contributed by atoms with Crippen LogP contribution in [-0.4, -0.2) is 71.6 Å². The lowest BCUT2D eigenvalue weighted by Crippen LogP contribution is -2.47. The van der Waals surface area contributed by atoms with E-state index in [2.05, 4.69) is 27.1 Å². The largest absolute Gasteiger partial charge is 0.355 e. The van der Waals surface area contributed by atoms with Gasteiger partial charge in [-0.25, -0.2) is 4.98 Å². The van der Waals surface area contributed by atoms with Crippen LogP contribution in [0.25, 0.3) is 11.0 Å². The van der Waals surface area contributed by atoms with E-state index in [-0.39, 0.29) is 17.9 Å². The van der Waals surface area contributed by atoms with Crippen molar-refractivity contribution < 1.29 is 4.79 Å². The number of hydrogen-bond acceptors (Lipinski definition) is 5. The number of aryl methyl sites for hydroxylation is 2. The first-order chi connectivity index (χ1) is 12.5. The lowest BCUT2D eigenvalue weighted by Gasteiger charge is -2.32. The maximum atomic E-state index is 12.4. The number of piperazine rings is 1. The van der Waals surface area contributed by atoms with Crippen LogP contribution in [0.1, 0.15) is 12.1 Å². The van der Waals surface area contributed by atoms with Gasteiger partial charge >= 0.3 is 0 Å². The molecule has 7 heteroatoms.